The number of nitrogens with zero attached hydrogens (tertiary/aromatic N) is 1. The maximum atomic E-state index is 15.8. The molecule has 3 unspecified atom stereocenters. The molecule has 1 aliphatic carbocycles. The van der Waals surface area contributed by atoms with Gasteiger partial charge in [0.15, 0.2) is 0 Å². The number of urea groups is 1. The van der Waals surface area contributed by atoms with Gasteiger partial charge in [0.2, 0.25) is 5.91 Å². The van der Waals surface area contributed by atoms with Crippen molar-refractivity contribution in [2.45, 2.75) is 102 Å². The molecule has 3 rings (SSSR count). The molecule has 9 heteroatoms. The third-order valence-corrected chi connectivity index (χ3v) is 9.26. The lowest BCUT2D eigenvalue weighted by molar-refractivity contribution is -0.124. The SMILES string of the molecule is CCCC(=O)NC(CCCCOC)(c1cccc(Cl)c1F)C1CCCN(C(=O)NC(CNC)CC2CCCCC2)C1. The van der Waals surface area contributed by atoms with Crippen LogP contribution in [0, 0.1) is 17.7 Å². The molecule has 0 bridgehead atoms. The average Bonchev–Trinajstić information content (AvgIpc) is 2.97. The average molecular weight is 595 g/mol. The zero-order chi connectivity index (χ0) is 29.7. The van der Waals surface area contributed by atoms with Gasteiger partial charge in [-0.25, -0.2) is 9.18 Å². The summed E-state index contributed by atoms with van der Waals surface area (Å²) in [6.45, 7) is 4.35. The fourth-order valence-corrected chi connectivity index (χ4v) is 7.10. The molecule has 3 atom stereocenters. The summed E-state index contributed by atoms with van der Waals surface area (Å²) < 4.78 is 21.1. The van der Waals surface area contributed by atoms with E-state index in [4.69, 9.17) is 16.3 Å². The van der Waals surface area contributed by atoms with Gasteiger partial charge in [0.1, 0.15) is 5.82 Å². The molecular weight excluding hydrogens is 543 g/mol. The van der Waals surface area contributed by atoms with Crippen LogP contribution in [0.2, 0.25) is 5.02 Å². The predicted molar refractivity (Wildman–Crippen MR) is 164 cm³/mol. The second-order valence-corrected chi connectivity index (χ2v) is 12.5. The molecule has 41 heavy (non-hydrogen) atoms. The summed E-state index contributed by atoms with van der Waals surface area (Å²) in [5.74, 6) is -0.127. The highest BCUT2D eigenvalue weighted by Crippen LogP contribution is 2.42. The fraction of sp³-hybridized carbons (Fsp3) is 0.750. The van der Waals surface area contributed by atoms with Crippen molar-refractivity contribution >= 4 is 23.5 Å². The lowest BCUT2D eigenvalue weighted by Crippen LogP contribution is -2.58. The number of carbonyl (C=O) groups excluding carboxylic acids is 2. The Hall–Kier alpha value is -1.90. The van der Waals surface area contributed by atoms with Gasteiger partial charge in [0.05, 0.1) is 10.6 Å². The molecule has 232 valence electrons. The Morgan fingerprint density at radius 2 is 1.95 bits per heavy atom. The van der Waals surface area contributed by atoms with Crippen molar-refractivity contribution in [3.05, 3.63) is 34.6 Å². The van der Waals surface area contributed by atoms with Crippen LogP contribution < -0.4 is 16.0 Å². The highest BCUT2D eigenvalue weighted by molar-refractivity contribution is 6.30. The number of halogens is 2. The number of nitrogens with one attached hydrogen (secondary N) is 3. The molecule has 1 aromatic rings. The van der Waals surface area contributed by atoms with Crippen molar-refractivity contribution in [1.29, 1.82) is 0 Å². The molecule has 3 amide bonds. The Morgan fingerprint density at radius 3 is 2.66 bits per heavy atom. The highest BCUT2D eigenvalue weighted by atomic mass is 35.5. The number of unbranched alkanes of at least 4 members (excludes halogenated alkanes) is 1. The first-order chi connectivity index (χ1) is 19.8. The van der Waals surface area contributed by atoms with Gasteiger partial charge in [-0.1, -0.05) is 62.8 Å². The largest absolute Gasteiger partial charge is 0.385 e. The van der Waals surface area contributed by atoms with E-state index in [0.29, 0.717) is 50.4 Å². The summed E-state index contributed by atoms with van der Waals surface area (Å²) >= 11 is 6.30. The molecule has 7 nitrogen and oxygen atoms in total. The van der Waals surface area contributed by atoms with Crippen LogP contribution in [-0.2, 0) is 15.1 Å². The van der Waals surface area contributed by atoms with Crippen LogP contribution >= 0.6 is 11.6 Å². The highest BCUT2D eigenvalue weighted by Gasteiger charge is 2.45. The molecule has 1 heterocycles. The third-order valence-electron chi connectivity index (χ3n) is 8.97. The van der Waals surface area contributed by atoms with Crippen molar-refractivity contribution in [1.82, 2.24) is 20.9 Å². The normalized spacial score (nSPS) is 20.3. The molecule has 1 aliphatic heterocycles. The van der Waals surface area contributed by atoms with Crippen LogP contribution in [0.4, 0.5) is 9.18 Å². The molecule has 0 aromatic heterocycles. The maximum absolute atomic E-state index is 15.8. The van der Waals surface area contributed by atoms with E-state index in [1.54, 1.807) is 25.3 Å². The molecule has 0 spiro atoms. The van der Waals surface area contributed by atoms with Gasteiger partial charge in [0, 0.05) is 57.3 Å². The third kappa shape index (κ3) is 9.55. The molecule has 1 aromatic carbocycles. The van der Waals surface area contributed by atoms with E-state index in [2.05, 4.69) is 16.0 Å². The standard InChI is InChI=1S/C32H52ClFN4O3/c1-4-12-29(39)37-32(18-8-9-20-41-3,27-16-10-17-28(33)30(27)34)25-15-11-19-38(23-25)31(40)36-26(22-35-2)21-24-13-6-5-7-14-24/h10,16-17,24-26,35H,4-9,11-15,18-23H2,1-3H3,(H,36,40)(H,37,39). The van der Waals surface area contributed by atoms with E-state index < -0.39 is 11.4 Å². The van der Waals surface area contributed by atoms with Crippen molar-refractivity contribution in [2.24, 2.45) is 11.8 Å². The minimum atomic E-state index is -0.986. The number of piperidine rings is 1. The molecular formula is C32H52ClFN4O3. The molecule has 2 fully saturated rings. The first-order valence-electron chi connectivity index (χ1n) is 15.8. The number of likely N-dealkylation sites (N-methyl/N-ethyl adjacent to an activating group) is 1. The number of hydrogen-bond acceptors (Lipinski definition) is 4. The Bertz CT molecular complexity index is 961. The minimum absolute atomic E-state index is 0.0385. The van der Waals surface area contributed by atoms with Crippen LogP contribution in [0.5, 0.6) is 0 Å². The van der Waals surface area contributed by atoms with Gasteiger partial charge in [-0.15, -0.1) is 0 Å². The number of benzene rings is 1. The minimum Gasteiger partial charge on any atom is -0.385 e. The summed E-state index contributed by atoms with van der Waals surface area (Å²) in [7, 11) is 3.59. The van der Waals surface area contributed by atoms with Crippen LogP contribution in [0.1, 0.15) is 96.0 Å². The van der Waals surface area contributed by atoms with E-state index in [-0.39, 0.29) is 28.9 Å². The van der Waals surface area contributed by atoms with Gasteiger partial charge >= 0.3 is 6.03 Å². The summed E-state index contributed by atoms with van der Waals surface area (Å²) in [6, 6.07) is 5.02. The number of carbonyl (C=O) groups is 2. The summed E-state index contributed by atoms with van der Waals surface area (Å²) in [6.07, 6.45) is 12.0. The second kappa shape index (κ2) is 17.3. The number of amides is 3. The molecule has 3 N–H and O–H groups in total. The van der Waals surface area contributed by atoms with E-state index in [0.717, 1.165) is 38.6 Å². The molecule has 2 aliphatic rings. The van der Waals surface area contributed by atoms with Crippen molar-refractivity contribution in [3.8, 4) is 0 Å². The molecule has 1 saturated heterocycles. The van der Waals surface area contributed by atoms with Crippen molar-refractivity contribution in [3.63, 3.8) is 0 Å². The van der Waals surface area contributed by atoms with Gasteiger partial charge in [-0.05, 0) is 64.0 Å². The Kier molecular flexibility index (Phi) is 14.2. The zero-order valence-corrected chi connectivity index (χ0v) is 26.2. The van der Waals surface area contributed by atoms with Gasteiger partial charge in [-0.2, -0.15) is 0 Å². The summed E-state index contributed by atoms with van der Waals surface area (Å²) in [4.78, 5) is 28.7. The summed E-state index contributed by atoms with van der Waals surface area (Å²) in [5, 5.41) is 9.90. The maximum Gasteiger partial charge on any atom is 0.317 e. The fourth-order valence-electron chi connectivity index (χ4n) is 6.92. The number of ether oxygens (including phenoxy) is 1. The first-order valence-corrected chi connectivity index (χ1v) is 16.2. The number of methoxy groups -OCH3 is 1. The van der Waals surface area contributed by atoms with Gasteiger partial charge < -0.3 is 25.6 Å². The second-order valence-electron chi connectivity index (χ2n) is 12.0. The number of hydrogen-bond donors (Lipinski definition) is 3. The first kappa shape index (κ1) is 33.6. The van der Waals surface area contributed by atoms with Crippen LogP contribution in [0.3, 0.4) is 0 Å². The van der Waals surface area contributed by atoms with E-state index in [9.17, 15) is 9.59 Å². The van der Waals surface area contributed by atoms with Crippen molar-refractivity contribution in [2.75, 3.05) is 40.4 Å². The number of likely N-dealkylation sites (tertiary alicyclic amines) is 1. The predicted octanol–water partition coefficient (Wildman–Crippen LogP) is 6.39. The van der Waals surface area contributed by atoms with Crippen LogP contribution in [0.15, 0.2) is 18.2 Å². The monoisotopic (exact) mass is 594 g/mol. The quantitative estimate of drug-likeness (QED) is 0.206. The molecule has 0 radical (unpaired) electrons. The van der Waals surface area contributed by atoms with E-state index in [1.165, 1.54) is 32.1 Å². The van der Waals surface area contributed by atoms with Crippen LogP contribution in [0.25, 0.3) is 0 Å². The van der Waals surface area contributed by atoms with Crippen molar-refractivity contribution < 1.29 is 18.7 Å². The zero-order valence-electron chi connectivity index (χ0n) is 25.4. The van der Waals surface area contributed by atoms with Gasteiger partial charge in [-0.3, -0.25) is 4.79 Å². The van der Waals surface area contributed by atoms with E-state index >= 15 is 4.39 Å². The lowest BCUT2D eigenvalue weighted by atomic mass is 9.70. The van der Waals surface area contributed by atoms with E-state index in [1.807, 2.05) is 18.9 Å². The van der Waals surface area contributed by atoms with Crippen LogP contribution in [-0.4, -0.2) is 63.3 Å². The Labute approximate surface area is 251 Å². The lowest BCUT2D eigenvalue weighted by Gasteiger charge is -2.47. The molecule has 1 saturated carbocycles. The smallest absolute Gasteiger partial charge is 0.317 e. The van der Waals surface area contributed by atoms with Gasteiger partial charge in [0.25, 0.3) is 0 Å². The summed E-state index contributed by atoms with van der Waals surface area (Å²) in [5.41, 5.74) is -0.579. The topological polar surface area (TPSA) is 82.7 Å². The number of rotatable bonds is 15. The Balaban J connectivity index is 1.87. The Morgan fingerprint density at radius 1 is 1.17 bits per heavy atom.